The Morgan fingerprint density at radius 3 is 2.63 bits per heavy atom. The first-order valence-corrected chi connectivity index (χ1v) is 6.65. The summed E-state index contributed by atoms with van der Waals surface area (Å²) in [5.74, 6) is 0.815. The van der Waals surface area contributed by atoms with E-state index in [4.69, 9.17) is 16.3 Å². The number of hydrogen-bond donors (Lipinski definition) is 1. The minimum absolute atomic E-state index is 0.195. The molecule has 0 saturated carbocycles. The van der Waals surface area contributed by atoms with Gasteiger partial charge in [-0.05, 0) is 29.7 Å². The van der Waals surface area contributed by atoms with Gasteiger partial charge in [0.15, 0.2) is 0 Å². The Morgan fingerprint density at radius 1 is 1.26 bits per heavy atom. The maximum Gasteiger partial charge on any atom is 0.131 e. The summed E-state index contributed by atoms with van der Waals surface area (Å²) >= 11 is 6.07. The lowest BCUT2D eigenvalue weighted by molar-refractivity contribution is 0.415. The molecule has 4 heteroatoms. The predicted octanol–water partition coefficient (Wildman–Crippen LogP) is 4.35. The molecule has 1 aromatic carbocycles. The second-order valence-electron chi connectivity index (χ2n) is 5.79. The van der Waals surface area contributed by atoms with Gasteiger partial charge in [-0.25, -0.2) is 4.98 Å². The molecule has 0 bridgehead atoms. The summed E-state index contributed by atoms with van der Waals surface area (Å²) in [5, 5.41) is 4.96. The van der Waals surface area contributed by atoms with E-state index in [1.807, 2.05) is 24.3 Å². The molecule has 0 spiro atoms. The van der Waals surface area contributed by atoms with Gasteiger partial charge in [-0.3, -0.25) is 0 Å². The van der Waals surface area contributed by atoms with Crippen molar-refractivity contribution in [2.24, 2.45) is 5.41 Å². The lowest BCUT2D eigenvalue weighted by Crippen LogP contribution is -2.19. The summed E-state index contributed by atoms with van der Waals surface area (Å²) < 4.78 is 5.26. The van der Waals surface area contributed by atoms with Crippen LogP contribution in [0.3, 0.4) is 0 Å². The number of methoxy groups -OCH3 is 1. The molecule has 1 heterocycles. The minimum Gasteiger partial charge on any atom is -0.497 e. The van der Waals surface area contributed by atoms with Crippen molar-refractivity contribution >= 4 is 28.2 Å². The monoisotopic (exact) mass is 278 g/mol. The van der Waals surface area contributed by atoms with Crippen LogP contribution in [0.1, 0.15) is 20.8 Å². The molecular weight excluding hydrogens is 260 g/mol. The molecule has 102 valence electrons. The van der Waals surface area contributed by atoms with Crippen molar-refractivity contribution in [2.45, 2.75) is 20.8 Å². The van der Waals surface area contributed by atoms with E-state index in [0.717, 1.165) is 28.9 Å². The molecule has 0 aliphatic carbocycles. The van der Waals surface area contributed by atoms with Crippen LogP contribution in [0, 0.1) is 5.41 Å². The number of nitrogens with one attached hydrogen (secondary N) is 1. The number of fused-ring (bicyclic) bond motifs is 1. The molecule has 3 nitrogen and oxygen atoms in total. The average Bonchev–Trinajstić information content (AvgIpc) is 2.34. The normalized spacial score (nSPS) is 11.6. The fourth-order valence-corrected chi connectivity index (χ4v) is 2.01. The van der Waals surface area contributed by atoms with Crippen LogP contribution in [-0.4, -0.2) is 18.6 Å². The number of anilines is 1. The maximum atomic E-state index is 6.07. The van der Waals surface area contributed by atoms with Gasteiger partial charge in [-0.1, -0.05) is 32.4 Å². The molecule has 19 heavy (non-hydrogen) atoms. The summed E-state index contributed by atoms with van der Waals surface area (Å²) in [6, 6.07) is 7.64. The highest BCUT2D eigenvalue weighted by Gasteiger charge is 2.12. The fourth-order valence-electron chi connectivity index (χ4n) is 1.81. The van der Waals surface area contributed by atoms with E-state index in [0.29, 0.717) is 5.15 Å². The number of nitrogens with zero attached hydrogens (tertiary/aromatic N) is 1. The van der Waals surface area contributed by atoms with Crippen LogP contribution in [0.2, 0.25) is 5.15 Å². The first kappa shape index (κ1) is 13.9. The van der Waals surface area contributed by atoms with Gasteiger partial charge in [-0.15, -0.1) is 0 Å². The van der Waals surface area contributed by atoms with Gasteiger partial charge in [0.05, 0.1) is 12.6 Å². The average molecular weight is 279 g/mol. The third-order valence-electron chi connectivity index (χ3n) is 2.79. The number of hydrogen-bond acceptors (Lipinski definition) is 3. The summed E-state index contributed by atoms with van der Waals surface area (Å²) in [6.45, 7) is 7.42. The molecule has 0 fully saturated rings. The predicted molar refractivity (Wildman–Crippen MR) is 81.2 cm³/mol. The Labute approximate surface area is 118 Å². The van der Waals surface area contributed by atoms with Crippen LogP contribution in [0.4, 0.5) is 5.69 Å². The zero-order chi connectivity index (χ0) is 14.0. The molecule has 2 rings (SSSR count). The van der Waals surface area contributed by atoms with Gasteiger partial charge in [-0.2, -0.15) is 0 Å². The van der Waals surface area contributed by atoms with Crippen molar-refractivity contribution in [3.8, 4) is 5.75 Å². The van der Waals surface area contributed by atoms with Crippen LogP contribution >= 0.6 is 11.6 Å². The Bertz CT molecular complexity index is 590. The molecule has 0 radical (unpaired) electrons. The lowest BCUT2D eigenvalue weighted by Gasteiger charge is -2.20. The molecule has 0 aliphatic rings. The molecule has 1 aromatic heterocycles. The number of halogens is 1. The largest absolute Gasteiger partial charge is 0.497 e. The van der Waals surface area contributed by atoms with Crippen LogP contribution in [0.15, 0.2) is 24.3 Å². The second kappa shape index (κ2) is 5.25. The second-order valence-corrected chi connectivity index (χ2v) is 6.18. The Morgan fingerprint density at radius 2 is 2.00 bits per heavy atom. The fraction of sp³-hybridized carbons (Fsp3) is 0.400. The SMILES string of the molecule is COc1ccc2nc(Cl)cc(NCC(C)(C)C)c2c1. The van der Waals surface area contributed by atoms with Crippen LogP contribution in [0.25, 0.3) is 10.9 Å². The highest BCUT2D eigenvalue weighted by atomic mass is 35.5. The van der Waals surface area contributed by atoms with E-state index in [-0.39, 0.29) is 5.41 Å². The lowest BCUT2D eigenvalue weighted by atomic mass is 9.97. The third kappa shape index (κ3) is 3.51. The summed E-state index contributed by atoms with van der Waals surface area (Å²) in [7, 11) is 1.66. The first-order valence-electron chi connectivity index (χ1n) is 6.27. The zero-order valence-corrected chi connectivity index (χ0v) is 12.5. The Kier molecular flexibility index (Phi) is 3.85. The summed E-state index contributed by atoms with van der Waals surface area (Å²) in [6.07, 6.45) is 0. The molecule has 0 amide bonds. The number of benzene rings is 1. The number of pyridine rings is 1. The number of aromatic nitrogens is 1. The zero-order valence-electron chi connectivity index (χ0n) is 11.7. The van der Waals surface area contributed by atoms with Gasteiger partial charge >= 0.3 is 0 Å². The van der Waals surface area contributed by atoms with E-state index in [9.17, 15) is 0 Å². The van der Waals surface area contributed by atoms with Crippen molar-refractivity contribution < 1.29 is 4.74 Å². The van der Waals surface area contributed by atoms with Gasteiger partial charge in [0.1, 0.15) is 10.9 Å². The first-order chi connectivity index (χ1) is 8.89. The standard InChI is InChI=1S/C15H19ClN2O/c1-15(2,3)9-17-13-8-14(16)18-12-6-5-10(19-4)7-11(12)13/h5-8H,9H2,1-4H3,(H,17,18). The smallest absolute Gasteiger partial charge is 0.131 e. The van der Waals surface area contributed by atoms with E-state index in [2.05, 4.69) is 31.1 Å². The molecule has 0 aliphatic heterocycles. The quantitative estimate of drug-likeness (QED) is 0.848. The molecule has 0 saturated heterocycles. The topological polar surface area (TPSA) is 34.1 Å². The number of ether oxygens (including phenoxy) is 1. The minimum atomic E-state index is 0.195. The Hall–Kier alpha value is -1.48. The van der Waals surface area contributed by atoms with Gasteiger partial charge in [0.25, 0.3) is 0 Å². The molecule has 0 atom stereocenters. The van der Waals surface area contributed by atoms with Gasteiger partial charge < -0.3 is 10.1 Å². The van der Waals surface area contributed by atoms with Gasteiger partial charge in [0.2, 0.25) is 0 Å². The van der Waals surface area contributed by atoms with Crippen LogP contribution in [0.5, 0.6) is 5.75 Å². The molecule has 0 unspecified atom stereocenters. The highest BCUT2D eigenvalue weighted by molar-refractivity contribution is 6.30. The van der Waals surface area contributed by atoms with E-state index in [1.54, 1.807) is 7.11 Å². The highest BCUT2D eigenvalue weighted by Crippen LogP contribution is 2.29. The molecule has 1 N–H and O–H groups in total. The summed E-state index contributed by atoms with van der Waals surface area (Å²) in [5.41, 5.74) is 2.05. The van der Waals surface area contributed by atoms with Crippen molar-refractivity contribution in [1.29, 1.82) is 0 Å². The maximum absolute atomic E-state index is 6.07. The van der Waals surface area contributed by atoms with E-state index >= 15 is 0 Å². The number of rotatable bonds is 3. The van der Waals surface area contributed by atoms with Crippen molar-refractivity contribution in [3.63, 3.8) is 0 Å². The van der Waals surface area contributed by atoms with Crippen molar-refractivity contribution in [1.82, 2.24) is 4.98 Å². The van der Waals surface area contributed by atoms with Crippen molar-refractivity contribution in [2.75, 3.05) is 19.0 Å². The third-order valence-corrected chi connectivity index (χ3v) is 2.99. The molecule has 2 aromatic rings. The van der Waals surface area contributed by atoms with Crippen molar-refractivity contribution in [3.05, 3.63) is 29.4 Å². The Balaban J connectivity index is 2.45. The molecular formula is C15H19ClN2O. The van der Waals surface area contributed by atoms with Crippen LogP contribution in [-0.2, 0) is 0 Å². The van der Waals surface area contributed by atoms with E-state index in [1.165, 1.54) is 0 Å². The van der Waals surface area contributed by atoms with Gasteiger partial charge in [0, 0.05) is 17.6 Å². The van der Waals surface area contributed by atoms with Crippen LogP contribution < -0.4 is 10.1 Å². The van der Waals surface area contributed by atoms with E-state index < -0.39 is 0 Å². The summed E-state index contributed by atoms with van der Waals surface area (Å²) in [4.78, 5) is 4.33.